The number of hydrogen-bond donors (Lipinski definition) is 2. The molecule has 31 heavy (non-hydrogen) atoms. The Bertz CT molecular complexity index is 1020. The second-order valence-electron chi connectivity index (χ2n) is 7.14. The van der Waals surface area contributed by atoms with Gasteiger partial charge in [-0.25, -0.2) is 14.7 Å². The molecule has 2 aromatic rings. The van der Waals surface area contributed by atoms with Crippen molar-refractivity contribution in [1.29, 1.82) is 0 Å². The van der Waals surface area contributed by atoms with E-state index in [0.717, 1.165) is 25.9 Å². The van der Waals surface area contributed by atoms with Crippen LogP contribution < -0.4 is 20.8 Å². The SMILES string of the molecule is CC1ON(OC(=O)C(F)(F)F)c2c1c(-c1ccc(OC3CCNCC3)cc1)n[nH]c2=O. The Balaban J connectivity index is 1.60. The number of alkyl halides is 3. The lowest BCUT2D eigenvalue weighted by Gasteiger charge is -2.23. The molecular weight excluding hydrogens is 421 g/mol. The molecule has 1 aromatic heterocycles. The number of halogens is 3. The first kappa shape index (κ1) is 21.1. The number of fused-ring (bicyclic) bond motifs is 1. The molecule has 0 aliphatic carbocycles. The van der Waals surface area contributed by atoms with Gasteiger partial charge in [-0.1, -0.05) is 5.23 Å². The normalized spacial score (nSPS) is 19.2. The van der Waals surface area contributed by atoms with E-state index in [1.807, 2.05) is 0 Å². The quantitative estimate of drug-likeness (QED) is 0.747. The molecule has 2 aliphatic rings. The standard InChI is InChI=1S/C19H19F3N4O5/c1-10-14-15(11-2-4-12(5-3-11)29-13-6-8-23-9-7-13)24-25-17(27)16(14)26(30-10)31-18(28)19(20,21)22/h2-5,10,13,23H,6-9H2,1H3,(H,25,27). The van der Waals surface area contributed by atoms with Crippen LogP contribution in [0.2, 0.25) is 0 Å². The molecule has 0 spiro atoms. The monoisotopic (exact) mass is 440 g/mol. The van der Waals surface area contributed by atoms with Gasteiger partial charge in [0.2, 0.25) is 0 Å². The minimum atomic E-state index is -5.25. The minimum absolute atomic E-state index is 0.118. The van der Waals surface area contributed by atoms with Crippen LogP contribution in [-0.2, 0) is 14.5 Å². The molecule has 2 N–H and O–H groups in total. The summed E-state index contributed by atoms with van der Waals surface area (Å²) in [5, 5.41) is 9.68. The highest BCUT2D eigenvalue weighted by atomic mass is 19.4. The predicted molar refractivity (Wildman–Crippen MR) is 101 cm³/mol. The van der Waals surface area contributed by atoms with E-state index in [4.69, 9.17) is 9.57 Å². The van der Waals surface area contributed by atoms with Gasteiger partial charge in [0.1, 0.15) is 18.0 Å². The number of hydrogen-bond acceptors (Lipinski definition) is 8. The predicted octanol–water partition coefficient (Wildman–Crippen LogP) is 2.40. The summed E-state index contributed by atoms with van der Waals surface area (Å²) in [5.74, 6) is -1.84. The van der Waals surface area contributed by atoms with Gasteiger partial charge in [-0.2, -0.15) is 18.3 Å². The smallest absolute Gasteiger partial charge is 0.490 e. The molecule has 4 rings (SSSR count). The maximum absolute atomic E-state index is 12.6. The zero-order valence-electron chi connectivity index (χ0n) is 16.4. The number of H-pyrrole nitrogens is 1. The lowest BCUT2D eigenvalue weighted by Crippen LogP contribution is -2.35. The number of carbonyl (C=O) groups excluding carboxylic acids is 1. The van der Waals surface area contributed by atoms with Crippen molar-refractivity contribution in [2.75, 3.05) is 18.3 Å². The molecule has 1 saturated heterocycles. The van der Waals surface area contributed by atoms with Crippen LogP contribution in [0.5, 0.6) is 5.75 Å². The number of aromatic nitrogens is 2. The van der Waals surface area contributed by atoms with Gasteiger partial charge >= 0.3 is 12.1 Å². The average molecular weight is 440 g/mol. The van der Waals surface area contributed by atoms with Crippen LogP contribution in [-0.4, -0.2) is 41.5 Å². The van der Waals surface area contributed by atoms with Crippen molar-refractivity contribution in [2.24, 2.45) is 0 Å². The fraction of sp³-hybridized carbons (Fsp3) is 0.421. The van der Waals surface area contributed by atoms with Gasteiger partial charge in [0, 0.05) is 11.1 Å². The van der Waals surface area contributed by atoms with Gasteiger partial charge in [-0.05, 0) is 57.1 Å². The summed E-state index contributed by atoms with van der Waals surface area (Å²) in [4.78, 5) is 32.8. The molecular formula is C19H19F3N4O5. The Kier molecular flexibility index (Phi) is 5.58. The number of rotatable bonds is 4. The first-order chi connectivity index (χ1) is 14.7. The number of carbonyl (C=O) groups is 1. The Morgan fingerprint density at radius 2 is 1.90 bits per heavy atom. The number of piperidine rings is 1. The van der Waals surface area contributed by atoms with E-state index in [9.17, 15) is 22.8 Å². The van der Waals surface area contributed by atoms with Crippen molar-refractivity contribution in [3.63, 3.8) is 0 Å². The third-order valence-corrected chi connectivity index (χ3v) is 4.95. The second-order valence-corrected chi connectivity index (χ2v) is 7.14. The van der Waals surface area contributed by atoms with Crippen molar-refractivity contribution in [3.8, 4) is 17.0 Å². The van der Waals surface area contributed by atoms with Crippen molar-refractivity contribution >= 4 is 11.7 Å². The zero-order valence-corrected chi connectivity index (χ0v) is 16.4. The molecule has 0 bridgehead atoms. The second kappa shape index (κ2) is 8.19. The molecule has 0 amide bonds. The fourth-order valence-electron chi connectivity index (χ4n) is 3.48. The topological polar surface area (TPSA) is 106 Å². The molecule has 9 nitrogen and oxygen atoms in total. The van der Waals surface area contributed by atoms with Crippen LogP contribution in [0.25, 0.3) is 11.3 Å². The fourth-order valence-corrected chi connectivity index (χ4v) is 3.48. The van der Waals surface area contributed by atoms with E-state index in [1.165, 1.54) is 6.92 Å². The Morgan fingerprint density at radius 3 is 2.55 bits per heavy atom. The van der Waals surface area contributed by atoms with Crippen molar-refractivity contribution in [2.45, 2.75) is 38.1 Å². The molecule has 1 atom stereocenters. The maximum atomic E-state index is 12.6. The van der Waals surface area contributed by atoms with Gasteiger partial charge in [0.25, 0.3) is 5.56 Å². The van der Waals surface area contributed by atoms with Gasteiger partial charge < -0.3 is 14.9 Å². The molecule has 1 unspecified atom stereocenters. The Labute approximate surface area is 174 Å². The summed E-state index contributed by atoms with van der Waals surface area (Å²) < 4.78 is 43.6. The molecule has 0 radical (unpaired) electrons. The third kappa shape index (κ3) is 4.35. The summed E-state index contributed by atoms with van der Waals surface area (Å²) >= 11 is 0. The minimum Gasteiger partial charge on any atom is -0.490 e. The van der Waals surface area contributed by atoms with E-state index in [1.54, 1.807) is 24.3 Å². The first-order valence-electron chi connectivity index (χ1n) is 9.60. The lowest BCUT2D eigenvalue weighted by molar-refractivity contribution is -0.216. The highest BCUT2D eigenvalue weighted by Crippen LogP contribution is 2.40. The lowest BCUT2D eigenvalue weighted by atomic mass is 10.0. The summed E-state index contributed by atoms with van der Waals surface area (Å²) in [6, 6.07) is 6.93. The van der Waals surface area contributed by atoms with E-state index >= 15 is 0 Å². The molecule has 166 valence electrons. The van der Waals surface area contributed by atoms with Crippen molar-refractivity contribution in [3.05, 3.63) is 40.2 Å². The summed E-state index contributed by atoms with van der Waals surface area (Å²) in [6.45, 7) is 3.28. The van der Waals surface area contributed by atoms with Crippen LogP contribution in [0.4, 0.5) is 18.9 Å². The third-order valence-electron chi connectivity index (χ3n) is 4.95. The summed E-state index contributed by atoms with van der Waals surface area (Å²) in [7, 11) is 0. The Morgan fingerprint density at radius 1 is 1.23 bits per heavy atom. The van der Waals surface area contributed by atoms with Crippen molar-refractivity contribution < 1.29 is 32.4 Å². The molecule has 0 saturated carbocycles. The molecule has 12 heteroatoms. The molecule has 3 heterocycles. The van der Waals surface area contributed by atoms with E-state index in [2.05, 4.69) is 20.4 Å². The van der Waals surface area contributed by atoms with Crippen LogP contribution in [0.15, 0.2) is 29.1 Å². The van der Waals surface area contributed by atoms with Crippen molar-refractivity contribution in [1.82, 2.24) is 15.5 Å². The summed E-state index contributed by atoms with van der Waals surface area (Å²) in [5.41, 5.74) is -0.175. The largest absolute Gasteiger partial charge is 0.493 e. The molecule has 1 aromatic carbocycles. The maximum Gasteiger partial charge on any atom is 0.493 e. The molecule has 2 aliphatic heterocycles. The van der Waals surface area contributed by atoms with Crippen LogP contribution >= 0.6 is 0 Å². The number of benzene rings is 1. The number of aromatic amines is 1. The highest BCUT2D eigenvalue weighted by Gasteiger charge is 2.46. The number of nitrogens with zero attached hydrogens (tertiary/aromatic N) is 2. The zero-order chi connectivity index (χ0) is 22.2. The highest BCUT2D eigenvalue weighted by molar-refractivity contribution is 5.78. The molecule has 1 fully saturated rings. The van der Waals surface area contributed by atoms with Crippen LogP contribution in [0.1, 0.15) is 31.4 Å². The van der Waals surface area contributed by atoms with Gasteiger partial charge in [0.05, 0.1) is 5.69 Å². The first-order valence-corrected chi connectivity index (χ1v) is 9.60. The van der Waals surface area contributed by atoms with Crippen LogP contribution in [0.3, 0.4) is 0 Å². The number of nitrogens with one attached hydrogen (secondary N) is 2. The van der Waals surface area contributed by atoms with Crippen LogP contribution in [0, 0.1) is 0 Å². The Hall–Kier alpha value is -3.12. The van der Waals surface area contributed by atoms with Gasteiger partial charge in [-0.3, -0.25) is 4.79 Å². The van der Waals surface area contributed by atoms with Gasteiger partial charge in [-0.15, -0.1) is 0 Å². The van der Waals surface area contributed by atoms with E-state index < -0.39 is 23.8 Å². The van der Waals surface area contributed by atoms with Gasteiger partial charge in [0.15, 0.2) is 5.69 Å². The van der Waals surface area contributed by atoms with E-state index in [0.29, 0.717) is 11.3 Å². The summed E-state index contributed by atoms with van der Waals surface area (Å²) in [6.07, 6.45) is -4.21. The number of anilines is 1. The van der Waals surface area contributed by atoms with E-state index in [-0.39, 0.29) is 28.3 Å². The number of ether oxygens (including phenoxy) is 1. The average Bonchev–Trinajstić information content (AvgIpc) is 3.06.